The number of hydrogen-bond acceptors (Lipinski definition) is 4. The van der Waals surface area contributed by atoms with Crippen LogP contribution in [0.1, 0.15) is 26.2 Å². The summed E-state index contributed by atoms with van der Waals surface area (Å²) in [6.07, 6.45) is 2.35. The van der Waals surface area contributed by atoms with Gasteiger partial charge in [0.25, 0.3) is 0 Å². The van der Waals surface area contributed by atoms with Crippen molar-refractivity contribution < 1.29 is 23.0 Å². The zero-order valence-electron chi connectivity index (χ0n) is 12.1. The molecule has 0 heterocycles. The van der Waals surface area contributed by atoms with Gasteiger partial charge in [0.1, 0.15) is 0 Å². The van der Waals surface area contributed by atoms with Crippen LogP contribution in [0.3, 0.4) is 0 Å². The smallest absolute Gasteiger partial charge is 0.387 e. The maximum atomic E-state index is 12.3. The SMILES string of the molecule is CCCCC(N)C(=O)Nc1ccc(OC)c(OC(F)F)c1. The maximum Gasteiger partial charge on any atom is 0.387 e. The number of alkyl halides is 2. The Bertz CT molecular complexity index is 470. The van der Waals surface area contributed by atoms with Crippen LogP contribution in [0.4, 0.5) is 14.5 Å². The van der Waals surface area contributed by atoms with Crippen LogP contribution >= 0.6 is 0 Å². The van der Waals surface area contributed by atoms with Crippen molar-refractivity contribution in [3.8, 4) is 11.5 Å². The Balaban J connectivity index is 2.77. The molecule has 0 fully saturated rings. The van der Waals surface area contributed by atoms with Crippen LogP contribution in [0.15, 0.2) is 18.2 Å². The first-order chi connectivity index (χ1) is 9.97. The number of carbonyl (C=O) groups is 1. The van der Waals surface area contributed by atoms with E-state index in [1.165, 1.54) is 25.3 Å². The summed E-state index contributed by atoms with van der Waals surface area (Å²) in [4.78, 5) is 11.8. The molecule has 0 aromatic heterocycles. The summed E-state index contributed by atoms with van der Waals surface area (Å²) >= 11 is 0. The van der Waals surface area contributed by atoms with Gasteiger partial charge in [0.15, 0.2) is 11.5 Å². The number of amides is 1. The predicted octanol–water partition coefficient (Wildman–Crippen LogP) is 2.75. The lowest BCUT2D eigenvalue weighted by Crippen LogP contribution is -2.35. The van der Waals surface area contributed by atoms with Gasteiger partial charge in [-0.1, -0.05) is 19.8 Å². The van der Waals surface area contributed by atoms with Crippen molar-refractivity contribution in [2.75, 3.05) is 12.4 Å². The fourth-order valence-corrected chi connectivity index (χ4v) is 1.73. The number of ether oxygens (including phenoxy) is 2. The first-order valence-electron chi connectivity index (χ1n) is 6.67. The van der Waals surface area contributed by atoms with E-state index in [-0.39, 0.29) is 17.4 Å². The van der Waals surface area contributed by atoms with Crippen LogP contribution in [-0.2, 0) is 4.79 Å². The first kappa shape index (κ1) is 17.2. The molecular weight excluding hydrogens is 282 g/mol. The molecule has 0 aliphatic rings. The second kappa shape index (κ2) is 8.41. The zero-order valence-corrected chi connectivity index (χ0v) is 12.1. The normalized spacial score (nSPS) is 12.1. The van der Waals surface area contributed by atoms with Gasteiger partial charge >= 0.3 is 6.61 Å². The van der Waals surface area contributed by atoms with E-state index in [1.54, 1.807) is 0 Å². The molecule has 1 aromatic rings. The molecule has 1 unspecified atom stereocenters. The van der Waals surface area contributed by atoms with Crippen LogP contribution in [0, 0.1) is 0 Å². The topological polar surface area (TPSA) is 73.6 Å². The van der Waals surface area contributed by atoms with Crippen molar-refractivity contribution in [1.29, 1.82) is 0 Å². The van der Waals surface area contributed by atoms with Gasteiger partial charge in [-0.15, -0.1) is 0 Å². The lowest BCUT2D eigenvalue weighted by atomic mass is 10.1. The number of halogens is 2. The zero-order chi connectivity index (χ0) is 15.8. The standard InChI is InChI=1S/C14H20F2N2O3/c1-3-4-5-10(17)13(19)18-9-6-7-11(20-2)12(8-9)21-14(15)16/h6-8,10,14H,3-5,17H2,1-2H3,(H,18,19). The summed E-state index contributed by atoms with van der Waals surface area (Å²) in [6.45, 7) is -0.973. The molecule has 0 radical (unpaired) electrons. The first-order valence-corrected chi connectivity index (χ1v) is 6.67. The van der Waals surface area contributed by atoms with Crippen molar-refractivity contribution in [2.45, 2.75) is 38.8 Å². The number of unbranched alkanes of at least 4 members (excludes halogenated alkanes) is 1. The Kier molecular flexibility index (Phi) is 6.87. The number of rotatable bonds is 8. The van der Waals surface area contributed by atoms with Crippen LogP contribution in [0.2, 0.25) is 0 Å². The van der Waals surface area contributed by atoms with Crippen LogP contribution in [0.25, 0.3) is 0 Å². The number of hydrogen-bond donors (Lipinski definition) is 2. The highest BCUT2D eigenvalue weighted by atomic mass is 19.3. The maximum absolute atomic E-state index is 12.3. The number of nitrogens with one attached hydrogen (secondary N) is 1. The van der Waals surface area contributed by atoms with Gasteiger partial charge in [0, 0.05) is 11.8 Å². The number of methoxy groups -OCH3 is 1. The summed E-state index contributed by atoms with van der Waals surface area (Å²) in [5, 5.41) is 2.57. The third-order valence-electron chi connectivity index (χ3n) is 2.85. The van der Waals surface area contributed by atoms with Crippen LogP contribution in [-0.4, -0.2) is 25.7 Å². The van der Waals surface area contributed by atoms with Gasteiger partial charge < -0.3 is 20.5 Å². The Morgan fingerprint density at radius 3 is 2.67 bits per heavy atom. The molecule has 5 nitrogen and oxygen atoms in total. The minimum absolute atomic E-state index is 0.146. The predicted molar refractivity (Wildman–Crippen MR) is 75.8 cm³/mol. The van der Waals surface area contributed by atoms with E-state index < -0.39 is 12.7 Å². The molecule has 0 aliphatic heterocycles. The molecule has 1 aromatic carbocycles. The summed E-state index contributed by atoms with van der Waals surface area (Å²) in [5.41, 5.74) is 6.06. The number of anilines is 1. The summed E-state index contributed by atoms with van der Waals surface area (Å²) in [5.74, 6) is -0.354. The molecule has 0 saturated heterocycles. The monoisotopic (exact) mass is 302 g/mol. The molecule has 1 amide bonds. The molecule has 7 heteroatoms. The lowest BCUT2D eigenvalue weighted by molar-refractivity contribution is -0.117. The Morgan fingerprint density at radius 1 is 1.38 bits per heavy atom. The van der Waals surface area contributed by atoms with E-state index in [0.717, 1.165) is 12.8 Å². The molecular formula is C14H20F2N2O3. The van der Waals surface area contributed by atoms with E-state index in [1.807, 2.05) is 6.92 Å². The molecule has 1 rings (SSSR count). The molecule has 118 valence electrons. The van der Waals surface area contributed by atoms with Gasteiger partial charge in [-0.25, -0.2) is 0 Å². The number of nitrogens with two attached hydrogens (primary N) is 1. The summed E-state index contributed by atoms with van der Waals surface area (Å²) in [7, 11) is 1.34. The average molecular weight is 302 g/mol. The minimum atomic E-state index is -2.98. The van der Waals surface area contributed by atoms with Crippen molar-refractivity contribution in [2.24, 2.45) is 5.73 Å². The highest BCUT2D eigenvalue weighted by Crippen LogP contribution is 2.31. The Morgan fingerprint density at radius 2 is 2.10 bits per heavy atom. The molecule has 0 saturated carbocycles. The minimum Gasteiger partial charge on any atom is -0.493 e. The highest BCUT2D eigenvalue weighted by molar-refractivity contribution is 5.94. The van der Waals surface area contributed by atoms with Crippen molar-refractivity contribution in [3.05, 3.63) is 18.2 Å². The molecule has 0 spiro atoms. The van der Waals surface area contributed by atoms with Crippen LogP contribution < -0.4 is 20.5 Å². The van der Waals surface area contributed by atoms with E-state index >= 15 is 0 Å². The second-order valence-corrected chi connectivity index (χ2v) is 4.48. The van der Waals surface area contributed by atoms with E-state index in [2.05, 4.69) is 10.1 Å². The molecule has 1 atom stereocenters. The Labute approximate surface area is 122 Å². The lowest BCUT2D eigenvalue weighted by Gasteiger charge is -2.14. The van der Waals surface area contributed by atoms with Crippen molar-refractivity contribution >= 4 is 11.6 Å². The van der Waals surface area contributed by atoms with Crippen LogP contribution in [0.5, 0.6) is 11.5 Å². The fraction of sp³-hybridized carbons (Fsp3) is 0.500. The number of carbonyl (C=O) groups excluding carboxylic acids is 1. The summed E-state index contributed by atoms with van der Waals surface area (Å²) in [6, 6.07) is 3.61. The van der Waals surface area contributed by atoms with E-state index in [4.69, 9.17) is 10.5 Å². The fourth-order valence-electron chi connectivity index (χ4n) is 1.73. The molecule has 0 bridgehead atoms. The number of benzene rings is 1. The van der Waals surface area contributed by atoms with Gasteiger partial charge in [0.05, 0.1) is 13.2 Å². The van der Waals surface area contributed by atoms with Gasteiger partial charge in [-0.05, 0) is 18.6 Å². The molecule has 21 heavy (non-hydrogen) atoms. The van der Waals surface area contributed by atoms with Gasteiger partial charge in [0.2, 0.25) is 5.91 Å². The highest BCUT2D eigenvalue weighted by Gasteiger charge is 2.15. The second-order valence-electron chi connectivity index (χ2n) is 4.48. The molecule has 0 aliphatic carbocycles. The van der Waals surface area contributed by atoms with E-state index in [0.29, 0.717) is 12.1 Å². The summed E-state index contributed by atoms with van der Waals surface area (Å²) < 4.78 is 33.9. The van der Waals surface area contributed by atoms with Crippen molar-refractivity contribution in [1.82, 2.24) is 0 Å². The molecule has 3 N–H and O–H groups in total. The third-order valence-corrected chi connectivity index (χ3v) is 2.85. The van der Waals surface area contributed by atoms with Gasteiger partial charge in [-0.2, -0.15) is 8.78 Å². The average Bonchev–Trinajstić information content (AvgIpc) is 2.44. The Hall–Kier alpha value is -1.89. The third kappa shape index (κ3) is 5.55. The van der Waals surface area contributed by atoms with Crippen molar-refractivity contribution in [3.63, 3.8) is 0 Å². The quantitative estimate of drug-likeness (QED) is 0.774. The van der Waals surface area contributed by atoms with E-state index in [9.17, 15) is 13.6 Å². The van der Waals surface area contributed by atoms with Gasteiger partial charge in [-0.3, -0.25) is 4.79 Å². The largest absolute Gasteiger partial charge is 0.493 e.